The van der Waals surface area contributed by atoms with Gasteiger partial charge in [0.1, 0.15) is 24.8 Å². The molecule has 2 fully saturated rings. The fourth-order valence-electron chi connectivity index (χ4n) is 3.90. The first-order valence-corrected chi connectivity index (χ1v) is 13.2. The number of phosphoric acid groups is 1. The maximum atomic E-state index is 12.6. The van der Waals surface area contributed by atoms with E-state index in [0.29, 0.717) is 0 Å². The SMILES string of the molecule is Cc1cn([C@H]2CC(OP(=O)(O)OC[C@H]3S[C@@H](n4cnc(N)nc4=O)CC3O)[C@@H](CO)O2)c(=O)[nH]c1=O. The number of anilines is 1. The molecule has 6 N–H and O–H groups in total. The third-order valence-corrected chi connectivity index (χ3v) is 8.29. The number of thioether (sulfide) groups is 1. The molecule has 36 heavy (non-hydrogen) atoms. The van der Waals surface area contributed by atoms with Crippen molar-refractivity contribution in [1.29, 1.82) is 0 Å². The van der Waals surface area contributed by atoms with Gasteiger partial charge < -0.3 is 25.6 Å². The number of aliphatic hydroxyl groups is 2. The summed E-state index contributed by atoms with van der Waals surface area (Å²) in [5, 5.41) is 18.8. The number of nitrogen functional groups attached to an aromatic ring is 1. The molecule has 0 amide bonds. The topological polar surface area (TPSA) is 234 Å². The molecule has 2 aliphatic heterocycles. The van der Waals surface area contributed by atoms with E-state index in [1.165, 1.54) is 24.0 Å². The van der Waals surface area contributed by atoms with Crippen molar-refractivity contribution in [1.82, 2.24) is 24.1 Å². The normalized spacial score (nSPS) is 29.9. The van der Waals surface area contributed by atoms with Gasteiger partial charge in [-0.15, -0.1) is 11.8 Å². The fraction of sp³-hybridized carbons (Fsp3) is 0.611. The lowest BCUT2D eigenvalue weighted by molar-refractivity contribution is -0.0465. The second-order valence-corrected chi connectivity index (χ2v) is 11.1. The summed E-state index contributed by atoms with van der Waals surface area (Å²) in [6.45, 7) is 0.531. The Morgan fingerprint density at radius 2 is 2.08 bits per heavy atom. The number of aryl methyl sites for hydroxylation is 1. The zero-order chi connectivity index (χ0) is 26.2. The maximum Gasteiger partial charge on any atom is 0.472 e. The number of aliphatic hydroxyl groups excluding tert-OH is 2. The molecule has 4 rings (SSSR count). The molecular weight excluding hydrogens is 523 g/mol. The summed E-state index contributed by atoms with van der Waals surface area (Å²) >= 11 is 1.13. The number of ether oxygens (including phenoxy) is 1. The Bertz CT molecular complexity index is 1330. The van der Waals surface area contributed by atoms with E-state index in [2.05, 4.69) is 15.0 Å². The molecule has 3 unspecified atom stereocenters. The van der Waals surface area contributed by atoms with Gasteiger partial charge in [-0.1, -0.05) is 0 Å². The summed E-state index contributed by atoms with van der Waals surface area (Å²) in [6.07, 6.45) is -1.56. The zero-order valence-electron chi connectivity index (χ0n) is 18.9. The molecule has 2 aliphatic rings. The molecular formula is C18H25N6O10PS. The van der Waals surface area contributed by atoms with Crippen molar-refractivity contribution in [3.8, 4) is 0 Å². The van der Waals surface area contributed by atoms with E-state index in [1.54, 1.807) is 0 Å². The molecule has 2 aromatic rings. The van der Waals surface area contributed by atoms with E-state index < -0.39 is 66.5 Å². The Morgan fingerprint density at radius 3 is 2.78 bits per heavy atom. The van der Waals surface area contributed by atoms with Crippen LogP contribution in [0, 0.1) is 6.92 Å². The van der Waals surface area contributed by atoms with Gasteiger partial charge in [0.05, 0.1) is 29.9 Å². The highest BCUT2D eigenvalue weighted by molar-refractivity contribution is 8.00. The smallest absolute Gasteiger partial charge is 0.394 e. The lowest BCUT2D eigenvalue weighted by atomic mass is 10.2. The highest BCUT2D eigenvalue weighted by Gasteiger charge is 2.43. The van der Waals surface area contributed by atoms with Gasteiger partial charge in [-0.25, -0.2) is 19.1 Å². The van der Waals surface area contributed by atoms with Gasteiger partial charge in [-0.05, 0) is 6.92 Å². The van der Waals surface area contributed by atoms with Crippen LogP contribution in [0.3, 0.4) is 0 Å². The number of aromatic amines is 1. The molecule has 4 heterocycles. The van der Waals surface area contributed by atoms with E-state index >= 15 is 0 Å². The van der Waals surface area contributed by atoms with E-state index in [-0.39, 0.29) is 31.0 Å². The minimum absolute atomic E-state index is 0.0898. The van der Waals surface area contributed by atoms with Crippen molar-refractivity contribution in [3.05, 3.63) is 49.4 Å². The minimum atomic E-state index is -4.70. The van der Waals surface area contributed by atoms with Gasteiger partial charge in [-0.3, -0.25) is 28.0 Å². The zero-order valence-corrected chi connectivity index (χ0v) is 20.6. The average Bonchev–Trinajstić information content (AvgIpc) is 3.37. The Balaban J connectivity index is 1.38. The number of phosphoric ester groups is 1. The highest BCUT2D eigenvalue weighted by Crippen LogP contribution is 2.50. The predicted molar refractivity (Wildman–Crippen MR) is 124 cm³/mol. The first-order chi connectivity index (χ1) is 17.0. The van der Waals surface area contributed by atoms with Crippen molar-refractivity contribution in [2.75, 3.05) is 18.9 Å². The van der Waals surface area contributed by atoms with Crippen LogP contribution in [-0.2, 0) is 18.3 Å². The van der Waals surface area contributed by atoms with Gasteiger partial charge in [0.25, 0.3) is 5.56 Å². The number of nitrogens with zero attached hydrogens (tertiary/aromatic N) is 4. The van der Waals surface area contributed by atoms with Crippen molar-refractivity contribution < 1.29 is 33.5 Å². The second kappa shape index (κ2) is 10.5. The highest BCUT2D eigenvalue weighted by atomic mass is 32.2. The number of hydrogen-bond acceptors (Lipinski definition) is 13. The molecule has 0 spiro atoms. The van der Waals surface area contributed by atoms with Gasteiger partial charge in [-0.2, -0.15) is 4.98 Å². The Labute approximate surface area is 206 Å². The molecule has 2 saturated heterocycles. The maximum absolute atomic E-state index is 12.6. The third kappa shape index (κ3) is 5.78. The van der Waals surface area contributed by atoms with Crippen LogP contribution in [0.15, 0.2) is 26.9 Å². The van der Waals surface area contributed by atoms with E-state index in [4.69, 9.17) is 19.5 Å². The molecule has 0 saturated carbocycles. The largest absolute Gasteiger partial charge is 0.472 e. The van der Waals surface area contributed by atoms with Crippen LogP contribution < -0.4 is 22.7 Å². The molecule has 18 heteroatoms. The van der Waals surface area contributed by atoms with Gasteiger partial charge in [0, 0.05) is 24.6 Å². The first kappa shape index (κ1) is 26.7. The van der Waals surface area contributed by atoms with Crippen molar-refractivity contribution in [2.45, 2.75) is 54.9 Å². The first-order valence-electron chi connectivity index (χ1n) is 10.8. The molecule has 16 nitrogen and oxygen atoms in total. The molecule has 0 radical (unpaired) electrons. The fourth-order valence-corrected chi connectivity index (χ4v) is 6.41. The van der Waals surface area contributed by atoms with Crippen LogP contribution in [0.5, 0.6) is 0 Å². The summed E-state index contributed by atoms with van der Waals surface area (Å²) in [7, 11) is -4.70. The number of hydrogen-bond donors (Lipinski definition) is 5. The standard InChI is InChI=1S/C18H25N6O10PS/c1-8-4-23(17(28)21-15(8)27)13-3-10(11(5-25)33-13)34-35(30,31)32-6-12-9(26)2-14(36-12)24-7-20-16(19)22-18(24)29/h4,7,9-14,25-26H,2-3,5-6H2,1H3,(H,30,31)(H2,19,22,29)(H,21,27,28)/t9?,10?,11-,12-,13-,14-/m1/s1. The molecule has 0 aromatic carbocycles. The van der Waals surface area contributed by atoms with Gasteiger partial charge >= 0.3 is 19.2 Å². The Kier molecular flexibility index (Phi) is 7.82. The Hall–Kier alpha value is -2.37. The van der Waals surface area contributed by atoms with Crippen LogP contribution in [-0.4, -0.2) is 76.0 Å². The predicted octanol–water partition coefficient (Wildman–Crippen LogP) is -1.77. The Morgan fingerprint density at radius 1 is 1.33 bits per heavy atom. The third-order valence-electron chi connectivity index (χ3n) is 5.75. The molecule has 7 atom stereocenters. The quantitative estimate of drug-likeness (QED) is 0.230. The van der Waals surface area contributed by atoms with Crippen LogP contribution in [0.1, 0.15) is 30.0 Å². The van der Waals surface area contributed by atoms with Crippen molar-refractivity contribution in [2.24, 2.45) is 0 Å². The summed E-state index contributed by atoms with van der Waals surface area (Å²) < 4.78 is 30.8. The molecule has 0 bridgehead atoms. The monoisotopic (exact) mass is 548 g/mol. The van der Waals surface area contributed by atoms with E-state index in [1.807, 2.05) is 0 Å². The number of nitrogens with two attached hydrogens (primary N) is 1. The van der Waals surface area contributed by atoms with E-state index in [9.17, 15) is 34.1 Å². The minimum Gasteiger partial charge on any atom is -0.394 e. The van der Waals surface area contributed by atoms with Crippen LogP contribution in [0.2, 0.25) is 0 Å². The number of rotatable bonds is 8. The number of nitrogens with one attached hydrogen (secondary N) is 1. The summed E-state index contributed by atoms with van der Waals surface area (Å²) in [6, 6.07) is 0. The van der Waals surface area contributed by atoms with Gasteiger partial charge in [0.15, 0.2) is 0 Å². The van der Waals surface area contributed by atoms with Crippen molar-refractivity contribution >= 4 is 25.5 Å². The van der Waals surface area contributed by atoms with Crippen LogP contribution in [0.4, 0.5) is 5.95 Å². The molecule has 0 aliphatic carbocycles. The lowest BCUT2D eigenvalue weighted by Crippen LogP contribution is -2.33. The van der Waals surface area contributed by atoms with Gasteiger partial charge in [0.2, 0.25) is 5.95 Å². The van der Waals surface area contributed by atoms with Crippen LogP contribution in [0.25, 0.3) is 0 Å². The average molecular weight is 548 g/mol. The number of H-pyrrole nitrogens is 1. The molecule has 2 aromatic heterocycles. The van der Waals surface area contributed by atoms with Crippen LogP contribution >= 0.6 is 19.6 Å². The lowest BCUT2D eigenvalue weighted by Gasteiger charge is -2.21. The summed E-state index contributed by atoms with van der Waals surface area (Å²) in [5.41, 5.74) is 3.68. The summed E-state index contributed by atoms with van der Waals surface area (Å²) in [4.78, 5) is 55.5. The molecule has 198 valence electrons. The summed E-state index contributed by atoms with van der Waals surface area (Å²) in [5.74, 6) is -0.182. The second-order valence-electron chi connectivity index (χ2n) is 8.27. The number of aromatic nitrogens is 5. The van der Waals surface area contributed by atoms with E-state index in [0.717, 1.165) is 16.3 Å². The van der Waals surface area contributed by atoms with Crippen molar-refractivity contribution in [3.63, 3.8) is 0 Å².